The minimum absolute atomic E-state index is 0.0564. The highest BCUT2D eigenvalue weighted by Crippen LogP contribution is 2.31. The molecule has 1 N–H and O–H groups in total. The molecule has 0 atom stereocenters. The van der Waals surface area contributed by atoms with Crippen molar-refractivity contribution in [3.8, 4) is 0 Å². The van der Waals surface area contributed by atoms with Crippen LogP contribution in [0.5, 0.6) is 0 Å². The van der Waals surface area contributed by atoms with Crippen LogP contribution in [0.25, 0.3) is 0 Å². The maximum Gasteiger partial charge on any atom is 0.252 e. The average Bonchev–Trinajstić information content (AvgIpc) is 2.58. The molecule has 0 spiro atoms. The molecule has 0 bridgehead atoms. The van der Waals surface area contributed by atoms with Crippen LogP contribution in [0.2, 0.25) is 0 Å². The normalized spacial score (nSPS) is 15.2. The summed E-state index contributed by atoms with van der Waals surface area (Å²) in [6, 6.07) is 4.33. The number of carbonyl (C=O) groups excluding carboxylic acids is 1. The summed E-state index contributed by atoms with van der Waals surface area (Å²) in [6.07, 6.45) is 2.12. The van der Waals surface area contributed by atoms with Crippen molar-refractivity contribution in [1.29, 1.82) is 0 Å². The van der Waals surface area contributed by atoms with Gasteiger partial charge in [0.1, 0.15) is 0 Å². The molecular weight excluding hydrogens is 344 g/mol. The fourth-order valence-electron chi connectivity index (χ4n) is 3.21. The number of amides is 1. The third-order valence-corrected chi connectivity index (χ3v) is 5.50. The Morgan fingerprint density at radius 1 is 1.27 bits per heavy atom. The molecule has 1 saturated heterocycles. The van der Waals surface area contributed by atoms with E-state index < -0.39 is 0 Å². The predicted molar refractivity (Wildman–Crippen MR) is 112 cm³/mol. The van der Waals surface area contributed by atoms with Crippen molar-refractivity contribution in [3.63, 3.8) is 0 Å². The minimum Gasteiger partial charge on any atom is -0.378 e. The van der Waals surface area contributed by atoms with Crippen LogP contribution >= 0.6 is 11.8 Å². The van der Waals surface area contributed by atoms with Crippen LogP contribution in [-0.4, -0.2) is 44.5 Å². The lowest BCUT2D eigenvalue weighted by atomic mass is 9.91. The highest BCUT2D eigenvalue weighted by atomic mass is 32.2. The molecule has 5 heteroatoms. The van der Waals surface area contributed by atoms with E-state index in [1.807, 2.05) is 6.92 Å². The molecule has 146 valence electrons. The molecule has 1 heterocycles. The Hall–Kier alpha value is -1.20. The Morgan fingerprint density at radius 3 is 2.58 bits per heavy atom. The summed E-state index contributed by atoms with van der Waals surface area (Å²) in [7, 11) is 0. The Kier molecular flexibility index (Phi) is 7.84. The summed E-state index contributed by atoms with van der Waals surface area (Å²) in [5.74, 6) is 1.01. The summed E-state index contributed by atoms with van der Waals surface area (Å²) in [4.78, 5) is 16.2. The fraction of sp³-hybridized carbons (Fsp3) is 0.667. The molecule has 0 aromatic heterocycles. The predicted octanol–water partition coefficient (Wildman–Crippen LogP) is 4.50. The van der Waals surface area contributed by atoms with E-state index in [0.29, 0.717) is 5.41 Å². The molecule has 4 nitrogen and oxygen atoms in total. The molecule has 1 aliphatic rings. The average molecular weight is 379 g/mol. The topological polar surface area (TPSA) is 41.6 Å². The van der Waals surface area contributed by atoms with Crippen LogP contribution < -0.4 is 10.2 Å². The first-order valence-corrected chi connectivity index (χ1v) is 10.7. The van der Waals surface area contributed by atoms with Crippen LogP contribution in [0.1, 0.15) is 56.5 Å². The maximum absolute atomic E-state index is 12.8. The van der Waals surface area contributed by atoms with Gasteiger partial charge in [-0.25, -0.2) is 0 Å². The molecule has 1 aromatic rings. The summed E-state index contributed by atoms with van der Waals surface area (Å²) < 4.78 is 5.46. The van der Waals surface area contributed by atoms with Gasteiger partial charge >= 0.3 is 0 Å². The molecule has 2 rings (SSSR count). The van der Waals surface area contributed by atoms with Crippen LogP contribution in [0.4, 0.5) is 5.69 Å². The van der Waals surface area contributed by atoms with Crippen molar-refractivity contribution in [2.45, 2.75) is 52.4 Å². The van der Waals surface area contributed by atoms with Gasteiger partial charge in [0.25, 0.3) is 5.91 Å². The highest BCUT2D eigenvalue weighted by Gasteiger charge is 2.19. The molecule has 1 fully saturated rings. The van der Waals surface area contributed by atoms with Crippen LogP contribution in [0.15, 0.2) is 17.0 Å². The van der Waals surface area contributed by atoms with Crippen molar-refractivity contribution in [2.75, 3.05) is 43.5 Å². The largest absolute Gasteiger partial charge is 0.378 e. The van der Waals surface area contributed by atoms with Crippen molar-refractivity contribution >= 4 is 23.4 Å². The number of hydrogen-bond donors (Lipinski definition) is 1. The fourth-order valence-corrected chi connectivity index (χ4v) is 4.12. The van der Waals surface area contributed by atoms with Gasteiger partial charge in [-0.3, -0.25) is 4.79 Å². The molecule has 0 unspecified atom stereocenters. The second-order valence-electron chi connectivity index (χ2n) is 8.09. The number of anilines is 1. The zero-order valence-corrected chi connectivity index (χ0v) is 17.8. The van der Waals surface area contributed by atoms with E-state index in [9.17, 15) is 4.79 Å². The maximum atomic E-state index is 12.8. The Balaban J connectivity index is 2.11. The first-order chi connectivity index (χ1) is 12.3. The third-order valence-electron chi connectivity index (χ3n) is 4.58. The lowest BCUT2D eigenvalue weighted by Gasteiger charge is -2.30. The van der Waals surface area contributed by atoms with Crippen molar-refractivity contribution in [1.82, 2.24) is 5.32 Å². The number of nitrogens with one attached hydrogen (secondary N) is 1. The van der Waals surface area contributed by atoms with E-state index in [2.05, 4.69) is 50.0 Å². The van der Waals surface area contributed by atoms with Gasteiger partial charge in [-0.15, -0.1) is 11.8 Å². The Labute approximate surface area is 163 Å². The van der Waals surface area contributed by atoms with E-state index in [1.165, 1.54) is 5.69 Å². The lowest BCUT2D eigenvalue weighted by Crippen LogP contribution is -2.36. The highest BCUT2D eigenvalue weighted by molar-refractivity contribution is 7.99. The van der Waals surface area contributed by atoms with E-state index in [1.54, 1.807) is 11.8 Å². The van der Waals surface area contributed by atoms with Crippen LogP contribution in [0, 0.1) is 12.3 Å². The first kappa shape index (κ1) is 21.1. The molecule has 0 saturated carbocycles. The number of thioether (sulfide) groups is 1. The molecule has 1 amide bonds. The number of ether oxygens (including phenoxy) is 1. The number of benzene rings is 1. The molecule has 0 radical (unpaired) electrons. The number of carbonyl (C=O) groups is 1. The van der Waals surface area contributed by atoms with Gasteiger partial charge in [0.2, 0.25) is 0 Å². The van der Waals surface area contributed by atoms with E-state index in [-0.39, 0.29) is 5.91 Å². The lowest BCUT2D eigenvalue weighted by molar-refractivity contribution is 0.0948. The van der Waals surface area contributed by atoms with Gasteiger partial charge in [-0.05, 0) is 48.6 Å². The SMILES string of the molecule is CCSc1cc(N2CCOCC2)cc(C)c1C(=O)NCCCC(C)(C)C. The third kappa shape index (κ3) is 6.20. The summed E-state index contributed by atoms with van der Waals surface area (Å²) in [6.45, 7) is 15.0. The molecule has 1 aliphatic heterocycles. The van der Waals surface area contributed by atoms with Gasteiger partial charge in [-0.1, -0.05) is 27.7 Å². The van der Waals surface area contributed by atoms with Crippen molar-refractivity contribution in [3.05, 3.63) is 23.3 Å². The summed E-state index contributed by atoms with van der Waals surface area (Å²) in [5, 5.41) is 3.12. The summed E-state index contributed by atoms with van der Waals surface area (Å²) >= 11 is 1.75. The quantitative estimate of drug-likeness (QED) is 0.560. The van der Waals surface area contributed by atoms with E-state index in [0.717, 1.165) is 67.5 Å². The number of morpholine rings is 1. The number of hydrogen-bond acceptors (Lipinski definition) is 4. The molecule has 26 heavy (non-hydrogen) atoms. The van der Waals surface area contributed by atoms with Crippen molar-refractivity contribution in [2.24, 2.45) is 5.41 Å². The molecule has 1 aromatic carbocycles. The first-order valence-electron chi connectivity index (χ1n) is 9.70. The number of rotatable bonds is 7. The summed E-state index contributed by atoms with van der Waals surface area (Å²) in [5.41, 5.74) is 3.40. The monoisotopic (exact) mass is 378 g/mol. The van der Waals surface area contributed by atoms with Gasteiger partial charge in [0.15, 0.2) is 0 Å². The van der Waals surface area contributed by atoms with E-state index >= 15 is 0 Å². The number of nitrogens with zero attached hydrogens (tertiary/aromatic N) is 1. The van der Waals surface area contributed by atoms with E-state index in [4.69, 9.17) is 4.74 Å². The molecular formula is C21H34N2O2S. The Morgan fingerprint density at radius 2 is 1.96 bits per heavy atom. The number of aryl methyl sites for hydroxylation is 1. The van der Waals surface area contributed by atoms with Crippen molar-refractivity contribution < 1.29 is 9.53 Å². The zero-order valence-electron chi connectivity index (χ0n) is 17.0. The zero-order chi connectivity index (χ0) is 19.2. The van der Waals surface area contributed by atoms with Gasteiger partial charge in [0, 0.05) is 30.2 Å². The van der Waals surface area contributed by atoms with Crippen LogP contribution in [0.3, 0.4) is 0 Å². The second kappa shape index (κ2) is 9.65. The van der Waals surface area contributed by atoms with Crippen LogP contribution in [-0.2, 0) is 4.74 Å². The smallest absolute Gasteiger partial charge is 0.252 e. The Bertz CT molecular complexity index is 605. The second-order valence-corrected chi connectivity index (χ2v) is 9.39. The van der Waals surface area contributed by atoms with Gasteiger partial charge < -0.3 is 15.0 Å². The van der Waals surface area contributed by atoms with Gasteiger partial charge in [-0.2, -0.15) is 0 Å². The van der Waals surface area contributed by atoms with Gasteiger partial charge in [0.05, 0.1) is 18.8 Å². The molecule has 0 aliphatic carbocycles. The minimum atomic E-state index is 0.0564. The standard InChI is InChI=1S/C21H34N2O2S/c1-6-26-18-15-17(23-10-12-25-13-11-23)14-16(2)19(18)20(24)22-9-7-8-21(3,4)5/h14-15H,6-13H2,1-5H3,(H,22,24).